The topological polar surface area (TPSA) is 6.48 Å². The Hall–Kier alpha value is 0.162. The molecule has 0 aromatic rings. The normalized spacial score (nSPS) is 17.9. The van der Waals surface area contributed by atoms with Gasteiger partial charge in [0.05, 0.1) is 0 Å². The molecule has 0 radical (unpaired) electrons. The average molecular weight is 189 g/mol. The number of hydrogen-bond acceptors (Lipinski definition) is 2. The summed E-state index contributed by atoms with van der Waals surface area (Å²) in [7, 11) is 5.84. The molecular weight excluding hydrogens is 175 g/mol. The number of unbranched alkanes of at least 4 members (excludes halogenated alkanes) is 1. The molecule has 2 nitrogen and oxygen atoms in total. The lowest BCUT2D eigenvalue weighted by Crippen LogP contribution is -2.54. The quantitative estimate of drug-likeness (QED) is 0.582. The highest BCUT2D eigenvalue weighted by Crippen LogP contribution is 2.24. The van der Waals surface area contributed by atoms with E-state index >= 15 is 0 Å². The van der Waals surface area contributed by atoms with Crippen LogP contribution in [0.3, 0.4) is 0 Å². The van der Waals surface area contributed by atoms with E-state index in [9.17, 15) is 0 Å². The molecule has 0 unspecified atom stereocenters. The van der Waals surface area contributed by atoms with Crippen LogP contribution in [0.5, 0.6) is 0 Å². The average Bonchev–Trinajstić information content (AvgIpc) is 2.64. The van der Waals surface area contributed by atoms with Gasteiger partial charge in [-0.25, -0.2) is 0 Å². The van der Waals surface area contributed by atoms with Crippen molar-refractivity contribution in [2.45, 2.75) is 26.7 Å². The Morgan fingerprint density at radius 2 is 1.73 bits per heavy atom. The third-order valence-electron chi connectivity index (χ3n) is 1.82. The predicted molar refractivity (Wildman–Crippen MR) is 49.9 cm³/mol. The Labute approximate surface area is 77.4 Å². The van der Waals surface area contributed by atoms with Crippen molar-refractivity contribution in [3.05, 3.63) is 12.4 Å². The molecule has 3 aliphatic rings. The highest BCUT2D eigenvalue weighted by Gasteiger charge is 2.45. The highest BCUT2D eigenvalue weighted by atomic mass is 35.6. The van der Waals surface area contributed by atoms with Gasteiger partial charge in [0.1, 0.15) is 0 Å². The molecule has 0 saturated carbocycles. The molecule has 1 fully saturated rings. The van der Waals surface area contributed by atoms with Gasteiger partial charge in [0, 0.05) is 6.67 Å². The predicted octanol–water partition coefficient (Wildman–Crippen LogP) is 2.08. The second kappa shape index (κ2) is 4.25. The van der Waals surface area contributed by atoms with Crippen LogP contribution in [0.25, 0.3) is 0 Å². The third kappa shape index (κ3) is 2.05. The van der Waals surface area contributed by atoms with Crippen LogP contribution in [-0.4, -0.2) is 28.1 Å². The van der Waals surface area contributed by atoms with E-state index in [0.29, 0.717) is 0 Å². The molecule has 0 aliphatic carbocycles. The van der Waals surface area contributed by atoms with Crippen molar-refractivity contribution < 1.29 is 0 Å². The SMILES string of the molecule is CCCC.[Cl][Al]1[N]2C=C[N]1C2. The van der Waals surface area contributed by atoms with Gasteiger partial charge >= 0.3 is 13.7 Å². The number of hydrogen-bond donors (Lipinski definition) is 0. The minimum absolute atomic E-state index is 1.02. The highest BCUT2D eigenvalue weighted by molar-refractivity contribution is 7.05. The van der Waals surface area contributed by atoms with E-state index in [1.165, 1.54) is 12.8 Å². The first kappa shape index (κ1) is 9.25. The maximum absolute atomic E-state index is 5.84. The van der Waals surface area contributed by atoms with Crippen LogP contribution in [0.4, 0.5) is 0 Å². The minimum atomic E-state index is -1.02. The standard InChI is InChI=1S/C4H10.C3H4N2.Al.ClH/c1-3-4-2;1-2-5-3-4-1;;/h3-4H2,1-2H3;1-2H,3H2;;1H/q;-2;+3;/p-1. The van der Waals surface area contributed by atoms with Crippen molar-refractivity contribution in [2.75, 3.05) is 6.67 Å². The number of halogens is 1. The maximum Gasteiger partial charge on any atom is 0.709 e. The van der Waals surface area contributed by atoms with E-state index in [-0.39, 0.29) is 0 Å². The van der Waals surface area contributed by atoms with E-state index in [4.69, 9.17) is 10.0 Å². The van der Waals surface area contributed by atoms with Crippen LogP contribution in [0.15, 0.2) is 12.4 Å². The van der Waals surface area contributed by atoms with Crippen LogP contribution in [0.1, 0.15) is 26.7 Å². The Kier molecular flexibility index (Phi) is 3.58. The molecule has 0 atom stereocenters. The Morgan fingerprint density at radius 1 is 1.27 bits per heavy atom. The first-order chi connectivity index (χ1) is 5.29. The van der Waals surface area contributed by atoms with Crippen molar-refractivity contribution in [3.8, 4) is 0 Å². The zero-order valence-corrected chi connectivity index (χ0v) is 9.04. The first-order valence-corrected chi connectivity index (χ1v) is 6.91. The molecule has 0 N–H and O–H groups in total. The molecule has 3 heterocycles. The lowest BCUT2D eigenvalue weighted by molar-refractivity contribution is 0.361. The van der Waals surface area contributed by atoms with Gasteiger partial charge in [0.2, 0.25) is 0 Å². The van der Waals surface area contributed by atoms with Crippen molar-refractivity contribution in [1.82, 2.24) is 7.77 Å². The fraction of sp³-hybridized carbons (Fsp3) is 0.714. The van der Waals surface area contributed by atoms with E-state index in [1.807, 2.05) is 0 Å². The molecule has 1 saturated heterocycles. The fourth-order valence-corrected chi connectivity index (χ4v) is 2.76. The summed E-state index contributed by atoms with van der Waals surface area (Å²) >= 11 is -1.02. The summed E-state index contributed by atoms with van der Waals surface area (Å²) < 4.78 is 4.39. The fourth-order valence-electron chi connectivity index (χ4n) is 0.825. The van der Waals surface area contributed by atoms with Crippen molar-refractivity contribution in [3.63, 3.8) is 0 Å². The van der Waals surface area contributed by atoms with Crippen LogP contribution in [0, 0.1) is 0 Å². The van der Waals surface area contributed by atoms with Gasteiger partial charge in [0.15, 0.2) is 0 Å². The maximum atomic E-state index is 5.84. The van der Waals surface area contributed by atoms with Crippen molar-refractivity contribution in [2.24, 2.45) is 0 Å². The zero-order valence-electron chi connectivity index (χ0n) is 7.13. The first-order valence-electron chi connectivity index (χ1n) is 4.13. The van der Waals surface area contributed by atoms with Gasteiger partial charge in [-0.05, 0) is 12.4 Å². The molecule has 3 aliphatic heterocycles. The molecule has 62 valence electrons. The second-order valence-corrected chi connectivity index (χ2v) is 5.90. The molecule has 4 heteroatoms. The van der Waals surface area contributed by atoms with Crippen LogP contribution >= 0.6 is 10.0 Å². The van der Waals surface area contributed by atoms with Crippen LogP contribution in [-0.2, 0) is 0 Å². The van der Waals surface area contributed by atoms with Crippen LogP contribution in [0.2, 0.25) is 0 Å². The molecule has 0 aromatic carbocycles. The van der Waals surface area contributed by atoms with Gasteiger partial charge < -0.3 is 7.77 Å². The van der Waals surface area contributed by atoms with E-state index < -0.39 is 13.7 Å². The monoisotopic (exact) mass is 188 g/mol. The smallest absolute Gasteiger partial charge is 0.422 e. The summed E-state index contributed by atoms with van der Waals surface area (Å²) in [5.41, 5.74) is 0. The number of rotatable bonds is 1. The summed E-state index contributed by atoms with van der Waals surface area (Å²) in [4.78, 5) is 0. The molecule has 3 rings (SSSR count). The molecular formula is C7H14AlClN2. The molecule has 0 aromatic heterocycles. The van der Waals surface area contributed by atoms with E-state index in [0.717, 1.165) is 6.67 Å². The van der Waals surface area contributed by atoms with Gasteiger partial charge in [-0.2, -0.15) is 10.0 Å². The van der Waals surface area contributed by atoms with E-state index in [1.54, 1.807) is 0 Å². The zero-order chi connectivity index (χ0) is 8.27. The van der Waals surface area contributed by atoms with Gasteiger partial charge in [-0.15, -0.1) is 0 Å². The lowest BCUT2D eigenvalue weighted by atomic mass is 10.4. The summed E-state index contributed by atoms with van der Waals surface area (Å²) in [6, 6.07) is 0. The summed E-state index contributed by atoms with van der Waals surface area (Å²) in [5, 5.41) is 0. The minimum Gasteiger partial charge on any atom is -0.422 e. The second-order valence-electron chi connectivity index (χ2n) is 2.78. The molecule has 2 bridgehead atoms. The Bertz CT molecular complexity index is 137. The van der Waals surface area contributed by atoms with Crippen molar-refractivity contribution in [1.29, 1.82) is 0 Å². The molecule has 11 heavy (non-hydrogen) atoms. The number of nitrogens with zero attached hydrogens (tertiary/aromatic N) is 2. The van der Waals surface area contributed by atoms with Crippen LogP contribution < -0.4 is 0 Å². The molecule has 0 amide bonds. The van der Waals surface area contributed by atoms with Gasteiger partial charge in [0.25, 0.3) is 0 Å². The third-order valence-corrected chi connectivity index (χ3v) is 5.09. The Balaban J connectivity index is 0.000000134. The summed E-state index contributed by atoms with van der Waals surface area (Å²) in [6.07, 6.45) is 6.76. The van der Waals surface area contributed by atoms with Gasteiger partial charge in [-0.3, -0.25) is 0 Å². The summed E-state index contributed by atoms with van der Waals surface area (Å²) in [6.45, 7) is 5.42. The van der Waals surface area contributed by atoms with Gasteiger partial charge in [-0.1, -0.05) is 26.7 Å². The lowest BCUT2D eigenvalue weighted by Gasteiger charge is -2.35. The largest absolute Gasteiger partial charge is 0.709 e. The van der Waals surface area contributed by atoms with Crippen molar-refractivity contribution >= 4 is 23.7 Å². The van der Waals surface area contributed by atoms with E-state index in [2.05, 4.69) is 34.0 Å². The Morgan fingerprint density at radius 3 is 1.82 bits per heavy atom. The summed E-state index contributed by atoms with van der Waals surface area (Å²) in [5.74, 6) is 0. The molecule has 0 spiro atoms.